The van der Waals surface area contributed by atoms with Gasteiger partial charge in [0.25, 0.3) is 5.91 Å². The average Bonchev–Trinajstić information content (AvgIpc) is 2.92. The summed E-state index contributed by atoms with van der Waals surface area (Å²) in [5, 5.41) is 6.33. The monoisotopic (exact) mass is 364 g/mol. The summed E-state index contributed by atoms with van der Waals surface area (Å²) in [7, 11) is 0. The number of hydrogen-bond acceptors (Lipinski definition) is 3. The Labute approximate surface area is 136 Å². The largest absolute Gasteiger partial charge is 0.352 e. The molecule has 2 aromatic rings. The van der Waals surface area contributed by atoms with Crippen LogP contribution in [0, 0.1) is 0 Å². The second-order valence-corrected chi connectivity index (χ2v) is 7.67. The first-order valence-corrected chi connectivity index (χ1v) is 8.68. The molecule has 1 aromatic heterocycles. The van der Waals surface area contributed by atoms with Crippen LogP contribution in [0.3, 0.4) is 0 Å². The van der Waals surface area contributed by atoms with Gasteiger partial charge in [-0.2, -0.15) is 0 Å². The number of benzene rings is 1. The maximum Gasteiger partial charge on any atom is 0.251 e. The summed E-state index contributed by atoms with van der Waals surface area (Å²) in [5.41, 5.74) is 3.36. The van der Waals surface area contributed by atoms with Gasteiger partial charge in [0, 0.05) is 23.5 Å². The molecule has 0 atom stereocenters. The molecule has 0 fully saturated rings. The van der Waals surface area contributed by atoms with Crippen LogP contribution in [0.25, 0.3) is 0 Å². The van der Waals surface area contributed by atoms with Crippen molar-refractivity contribution in [2.75, 3.05) is 13.1 Å². The maximum absolute atomic E-state index is 12.2. The topological polar surface area (TPSA) is 41.1 Å². The third-order valence-electron chi connectivity index (χ3n) is 3.64. The summed E-state index contributed by atoms with van der Waals surface area (Å²) < 4.78 is 1.13. The molecule has 0 aliphatic carbocycles. The van der Waals surface area contributed by atoms with E-state index in [1.54, 1.807) is 11.3 Å². The van der Waals surface area contributed by atoms with E-state index in [-0.39, 0.29) is 5.91 Å². The van der Waals surface area contributed by atoms with Crippen molar-refractivity contribution in [3.05, 3.63) is 55.7 Å². The molecular formula is C16H17BrN2OS. The highest BCUT2D eigenvalue weighted by Crippen LogP contribution is 2.22. The van der Waals surface area contributed by atoms with Crippen molar-refractivity contribution >= 4 is 33.2 Å². The van der Waals surface area contributed by atoms with E-state index >= 15 is 0 Å². The fourth-order valence-corrected chi connectivity index (χ4v) is 3.99. The van der Waals surface area contributed by atoms with E-state index < -0.39 is 0 Å². The van der Waals surface area contributed by atoms with Gasteiger partial charge in [0.05, 0.1) is 3.79 Å². The van der Waals surface area contributed by atoms with Gasteiger partial charge in [-0.05, 0) is 70.7 Å². The fourth-order valence-electron chi connectivity index (χ4n) is 2.51. The van der Waals surface area contributed by atoms with Crippen LogP contribution in [0.1, 0.15) is 26.4 Å². The molecule has 0 unspecified atom stereocenters. The Kier molecular flexibility index (Phi) is 4.73. The fraction of sp³-hybridized carbons (Fsp3) is 0.312. The number of carbonyl (C=O) groups excluding carboxylic acids is 1. The Hall–Kier alpha value is -1.17. The van der Waals surface area contributed by atoms with Crippen molar-refractivity contribution in [3.63, 3.8) is 0 Å². The number of carbonyl (C=O) groups is 1. The molecule has 0 bridgehead atoms. The van der Waals surface area contributed by atoms with Crippen LogP contribution in [-0.4, -0.2) is 19.0 Å². The Morgan fingerprint density at radius 3 is 3.00 bits per heavy atom. The van der Waals surface area contributed by atoms with Crippen LogP contribution in [0.5, 0.6) is 0 Å². The van der Waals surface area contributed by atoms with E-state index in [1.165, 1.54) is 16.0 Å². The molecule has 0 radical (unpaired) electrons. The first-order chi connectivity index (χ1) is 10.2. The van der Waals surface area contributed by atoms with Crippen molar-refractivity contribution in [3.8, 4) is 0 Å². The molecular weight excluding hydrogens is 348 g/mol. The minimum atomic E-state index is 0.0130. The third-order valence-corrected chi connectivity index (χ3v) is 5.32. The van der Waals surface area contributed by atoms with Gasteiger partial charge in [-0.3, -0.25) is 4.79 Å². The number of halogens is 1. The molecule has 1 aromatic carbocycles. The average molecular weight is 365 g/mol. The molecule has 3 rings (SSSR count). The van der Waals surface area contributed by atoms with E-state index in [0.717, 1.165) is 35.3 Å². The Morgan fingerprint density at radius 1 is 1.29 bits per heavy atom. The molecule has 1 aliphatic rings. The molecule has 2 heterocycles. The molecule has 5 heteroatoms. The van der Waals surface area contributed by atoms with Gasteiger partial charge in [-0.15, -0.1) is 11.3 Å². The predicted molar refractivity (Wildman–Crippen MR) is 89.9 cm³/mol. The second kappa shape index (κ2) is 6.73. The molecule has 0 saturated heterocycles. The van der Waals surface area contributed by atoms with E-state index in [9.17, 15) is 4.79 Å². The van der Waals surface area contributed by atoms with E-state index in [1.807, 2.05) is 18.2 Å². The van der Waals surface area contributed by atoms with Crippen molar-refractivity contribution in [1.29, 1.82) is 0 Å². The number of hydrogen-bond donors (Lipinski definition) is 2. The zero-order chi connectivity index (χ0) is 14.7. The van der Waals surface area contributed by atoms with Gasteiger partial charge in [0.15, 0.2) is 0 Å². The SMILES string of the molecule is O=C(NCCc1ccc(Br)s1)c1ccc2c(c1)CNCC2. The lowest BCUT2D eigenvalue weighted by atomic mass is 9.98. The van der Waals surface area contributed by atoms with Gasteiger partial charge < -0.3 is 10.6 Å². The molecule has 110 valence electrons. The summed E-state index contributed by atoms with van der Waals surface area (Å²) in [4.78, 5) is 13.5. The Balaban J connectivity index is 1.57. The minimum absolute atomic E-state index is 0.0130. The summed E-state index contributed by atoms with van der Waals surface area (Å²) >= 11 is 5.16. The lowest BCUT2D eigenvalue weighted by Crippen LogP contribution is -2.27. The van der Waals surface area contributed by atoms with Crippen LogP contribution in [0.15, 0.2) is 34.1 Å². The molecule has 21 heavy (non-hydrogen) atoms. The summed E-state index contributed by atoms with van der Waals surface area (Å²) in [6.45, 7) is 2.55. The summed E-state index contributed by atoms with van der Waals surface area (Å²) in [6, 6.07) is 10.2. The second-order valence-electron chi connectivity index (χ2n) is 5.12. The Morgan fingerprint density at radius 2 is 2.19 bits per heavy atom. The van der Waals surface area contributed by atoms with Gasteiger partial charge in [0.1, 0.15) is 0 Å². The van der Waals surface area contributed by atoms with Crippen LogP contribution in [0.2, 0.25) is 0 Å². The van der Waals surface area contributed by atoms with Crippen LogP contribution >= 0.6 is 27.3 Å². The lowest BCUT2D eigenvalue weighted by molar-refractivity contribution is 0.0954. The molecule has 0 saturated carbocycles. The van der Waals surface area contributed by atoms with Gasteiger partial charge >= 0.3 is 0 Å². The predicted octanol–water partition coefficient (Wildman–Crippen LogP) is 3.13. The number of thiophene rings is 1. The zero-order valence-corrected chi connectivity index (χ0v) is 14.0. The first-order valence-electron chi connectivity index (χ1n) is 7.07. The molecule has 3 nitrogen and oxygen atoms in total. The Bertz CT molecular complexity index is 653. The summed E-state index contributed by atoms with van der Waals surface area (Å²) in [6.07, 6.45) is 1.92. The van der Waals surface area contributed by atoms with Gasteiger partial charge in [0.2, 0.25) is 0 Å². The van der Waals surface area contributed by atoms with Crippen molar-refractivity contribution in [2.24, 2.45) is 0 Å². The van der Waals surface area contributed by atoms with Crippen LogP contribution in [0.4, 0.5) is 0 Å². The highest BCUT2D eigenvalue weighted by Gasteiger charge is 2.12. The first kappa shape index (κ1) is 14.8. The number of fused-ring (bicyclic) bond motifs is 1. The molecule has 0 spiro atoms. The quantitative estimate of drug-likeness (QED) is 0.874. The molecule has 1 amide bonds. The molecule has 1 aliphatic heterocycles. The maximum atomic E-state index is 12.2. The number of rotatable bonds is 4. The standard InChI is InChI=1S/C16H17BrN2OS/c17-15-4-3-14(21-15)6-8-19-16(20)12-2-1-11-5-7-18-10-13(11)9-12/h1-4,9,18H,5-8,10H2,(H,19,20). The summed E-state index contributed by atoms with van der Waals surface area (Å²) in [5.74, 6) is 0.0130. The third kappa shape index (κ3) is 3.73. The van der Waals surface area contributed by atoms with E-state index in [4.69, 9.17) is 0 Å². The van der Waals surface area contributed by atoms with Crippen molar-refractivity contribution < 1.29 is 4.79 Å². The highest BCUT2D eigenvalue weighted by molar-refractivity contribution is 9.11. The van der Waals surface area contributed by atoms with Gasteiger partial charge in [-0.25, -0.2) is 0 Å². The van der Waals surface area contributed by atoms with Crippen molar-refractivity contribution in [1.82, 2.24) is 10.6 Å². The van der Waals surface area contributed by atoms with Crippen LogP contribution in [-0.2, 0) is 19.4 Å². The normalized spacial score (nSPS) is 13.8. The smallest absolute Gasteiger partial charge is 0.251 e. The van der Waals surface area contributed by atoms with E-state index in [2.05, 4.69) is 38.7 Å². The van der Waals surface area contributed by atoms with Crippen molar-refractivity contribution in [2.45, 2.75) is 19.4 Å². The van der Waals surface area contributed by atoms with Gasteiger partial charge in [-0.1, -0.05) is 6.07 Å². The minimum Gasteiger partial charge on any atom is -0.352 e. The highest BCUT2D eigenvalue weighted by atomic mass is 79.9. The number of nitrogens with one attached hydrogen (secondary N) is 2. The molecule has 2 N–H and O–H groups in total. The van der Waals surface area contributed by atoms with E-state index in [0.29, 0.717) is 6.54 Å². The van der Waals surface area contributed by atoms with Crippen LogP contribution < -0.4 is 10.6 Å². The zero-order valence-electron chi connectivity index (χ0n) is 11.6. The lowest BCUT2D eigenvalue weighted by Gasteiger charge is -2.17. The number of amides is 1.